The summed E-state index contributed by atoms with van der Waals surface area (Å²) in [7, 11) is 2.04. The van der Waals surface area contributed by atoms with Gasteiger partial charge in [0.05, 0.1) is 5.37 Å². The number of nitrogens with one attached hydrogen (secondary N) is 1. The van der Waals surface area contributed by atoms with E-state index in [4.69, 9.17) is 0 Å². The zero-order chi connectivity index (χ0) is 17.4. The van der Waals surface area contributed by atoms with Crippen LogP contribution in [0.15, 0.2) is 30.9 Å². The molecule has 1 nitrogen and oxygen atoms in total. The van der Waals surface area contributed by atoms with Gasteiger partial charge in [0.1, 0.15) is 0 Å². The van der Waals surface area contributed by atoms with Crippen LogP contribution in [0.4, 0.5) is 0 Å². The molecule has 0 aliphatic heterocycles. The lowest BCUT2D eigenvalue weighted by Crippen LogP contribution is -2.23. The summed E-state index contributed by atoms with van der Waals surface area (Å²) in [4.78, 5) is 0. The second-order valence-corrected chi connectivity index (χ2v) is 8.06. The monoisotopic (exact) mass is 343 g/mol. The van der Waals surface area contributed by atoms with Crippen molar-refractivity contribution in [3.05, 3.63) is 47.5 Å². The van der Waals surface area contributed by atoms with Gasteiger partial charge < -0.3 is 5.32 Å². The third kappa shape index (κ3) is 5.53. The van der Waals surface area contributed by atoms with Crippen molar-refractivity contribution in [1.82, 2.24) is 5.32 Å². The largest absolute Gasteiger partial charge is 0.308 e. The minimum Gasteiger partial charge on any atom is -0.308 e. The van der Waals surface area contributed by atoms with Gasteiger partial charge >= 0.3 is 0 Å². The van der Waals surface area contributed by atoms with E-state index in [2.05, 4.69) is 55.4 Å². The summed E-state index contributed by atoms with van der Waals surface area (Å²) in [5.74, 6) is 0.895. The third-order valence-electron chi connectivity index (χ3n) is 5.15. The Balaban J connectivity index is 2.18. The molecule has 0 spiro atoms. The number of thioether (sulfide) groups is 1. The van der Waals surface area contributed by atoms with Gasteiger partial charge in [-0.15, -0.1) is 11.8 Å². The fourth-order valence-corrected chi connectivity index (χ4v) is 4.25. The SMILES string of the molecule is C=C(C)c1cccc(CC(NC)SC)c1/C=C/CC1CCCCC1. The van der Waals surface area contributed by atoms with Crippen LogP contribution in [0.2, 0.25) is 0 Å². The highest BCUT2D eigenvalue weighted by Gasteiger charge is 2.13. The lowest BCUT2D eigenvalue weighted by atomic mass is 9.86. The van der Waals surface area contributed by atoms with E-state index in [0.717, 1.165) is 17.9 Å². The summed E-state index contributed by atoms with van der Waals surface area (Å²) >= 11 is 1.88. The first-order chi connectivity index (χ1) is 11.7. The van der Waals surface area contributed by atoms with E-state index in [1.807, 2.05) is 18.8 Å². The lowest BCUT2D eigenvalue weighted by molar-refractivity contribution is 0.362. The Morgan fingerprint density at radius 1 is 1.33 bits per heavy atom. The smallest absolute Gasteiger partial charge is 0.0567 e. The van der Waals surface area contributed by atoms with Gasteiger partial charge in [0.15, 0.2) is 0 Å². The highest BCUT2D eigenvalue weighted by molar-refractivity contribution is 7.99. The zero-order valence-corrected chi connectivity index (χ0v) is 16.4. The standard InChI is InChI=1S/C22H33NS/c1-17(2)20-14-9-13-19(16-22(23-3)24-4)21(20)15-8-12-18-10-6-5-7-11-18/h8-9,13-15,18,22-23H,1,5-7,10-12,16H2,2-4H3/b15-8+. The molecular weight excluding hydrogens is 310 g/mol. The Morgan fingerprint density at radius 3 is 2.71 bits per heavy atom. The molecule has 0 radical (unpaired) electrons. The summed E-state index contributed by atoms with van der Waals surface area (Å²) < 4.78 is 0. The predicted molar refractivity (Wildman–Crippen MR) is 111 cm³/mol. The average molecular weight is 344 g/mol. The predicted octanol–water partition coefficient (Wildman–Crippen LogP) is 6.15. The summed E-state index contributed by atoms with van der Waals surface area (Å²) in [5, 5.41) is 3.85. The first kappa shape index (κ1) is 19.3. The van der Waals surface area contributed by atoms with Crippen molar-refractivity contribution >= 4 is 23.4 Å². The molecule has 1 fully saturated rings. The minimum absolute atomic E-state index is 0.455. The maximum Gasteiger partial charge on any atom is 0.0567 e. The lowest BCUT2D eigenvalue weighted by Gasteiger charge is -2.20. The number of likely N-dealkylation sites (N-methyl/N-ethyl adjacent to an activating group) is 1. The summed E-state index contributed by atoms with van der Waals surface area (Å²) in [5.41, 5.74) is 5.24. The quantitative estimate of drug-likeness (QED) is 0.568. The van der Waals surface area contributed by atoms with Crippen LogP contribution in [0, 0.1) is 5.92 Å². The molecule has 24 heavy (non-hydrogen) atoms. The van der Waals surface area contributed by atoms with Crippen LogP contribution in [0.25, 0.3) is 11.6 Å². The molecule has 1 unspecified atom stereocenters. The van der Waals surface area contributed by atoms with Crippen molar-refractivity contribution in [1.29, 1.82) is 0 Å². The number of rotatable bonds is 8. The molecule has 1 N–H and O–H groups in total. The van der Waals surface area contributed by atoms with E-state index in [-0.39, 0.29) is 0 Å². The molecule has 1 aromatic rings. The Morgan fingerprint density at radius 2 is 2.08 bits per heavy atom. The molecule has 0 amide bonds. The van der Waals surface area contributed by atoms with Crippen LogP contribution >= 0.6 is 11.8 Å². The van der Waals surface area contributed by atoms with Gasteiger partial charge in [-0.3, -0.25) is 0 Å². The van der Waals surface area contributed by atoms with Crippen LogP contribution < -0.4 is 5.32 Å². The van der Waals surface area contributed by atoms with Crippen LogP contribution in [-0.4, -0.2) is 18.7 Å². The first-order valence-corrected chi connectivity index (χ1v) is 10.6. The van der Waals surface area contributed by atoms with Crippen LogP contribution in [0.1, 0.15) is 62.1 Å². The van der Waals surface area contributed by atoms with Crippen molar-refractivity contribution in [2.75, 3.05) is 13.3 Å². The molecule has 0 heterocycles. The maximum absolute atomic E-state index is 4.19. The van der Waals surface area contributed by atoms with E-state index in [1.54, 1.807) is 0 Å². The van der Waals surface area contributed by atoms with Crippen molar-refractivity contribution < 1.29 is 0 Å². The highest BCUT2D eigenvalue weighted by atomic mass is 32.2. The van der Waals surface area contributed by atoms with Crippen molar-refractivity contribution in [2.24, 2.45) is 5.92 Å². The summed E-state index contributed by atoms with van der Waals surface area (Å²) in [6, 6.07) is 6.65. The molecule has 2 rings (SSSR count). The van der Waals surface area contributed by atoms with Gasteiger partial charge in [0.2, 0.25) is 0 Å². The first-order valence-electron chi connectivity index (χ1n) is 9.30. The molecule has 132 valence electrons. The molecule has 1 aliphatic rings. The van der Waals surface area contributed by atoms with Gasteiger partial charge in [-0.25, -0.2) is 0 Å². The third-order valence-corrected chi connectivity index (χ3v) is 6.12. The Hall–Kier alpha value is -0.990. The fraction of sp³-hybridized carbons (Fsp3) is 0.545. The molecule has 2 heteroatoms. The highest BCUT2D eigenvalue weighted by Crippen LogP contribution is 2.29. The molecule has 1 aliphatic carbocycles. The summed E-state index contributed by atoms with van der Waals surface area (Å²) in [6.07, 6.45) is 16.3. The Bertz CT molecular complexity index is 551. The number of allylic oxidation sites excluding steroid dienone is 2. The molecular formula is C22H33NS. The summed E-state index contributed by atoms with van der Waals surface area (Å²) in [6.45, 7) is 6.30. The number of benzene rings is 1. The minimum atomic E-state index is 0.455. The second kappa shape index (κ2) is 10.1. The average Bonchev–Trinajstić information content (AvgIpc) is 2.61. The van der Waals surface area contributed by atoms with Crippen LogP contribution in [-0.2, 0) is 6.42 Å². The molecule has 1 atom stereocenters. The molecule has 1 saturated carbocycles. The number of hydrogen-bond donors (Lipinski definition) is 1. The fourth-order valence-electron chi connectivity index (χ4n) is 3.66. The second-order valence-electron chi connectivity index (χ2n) is 7.02. The van der Waals surface area contributed by atoms with Gasteiger partial charge in [0, 0.05) is 0 Å². The van der Waals surface area contributed by atoms with E-state index in [9.17, 15) is 0 Å². The zero-order valence-electron chi connectivity index (χ0n) is 15.6. The van der Waals surface area contributed by atoms with Gasteiger partial charge in [-0.05, 0) is 55.7 Å². The van der Waals surface area contributed by atoms with Gasteiger partial charge in [-0.2, -0.15) is 0 Å². The van der Waals surface area contributed by atoms with E-state index < -0.39 is 0 Å². The van der Waals surface area contributed by atoms with Gasteiger partial charge in [0.25, 0.3) is 0 Å². The molecule has 0 saturated heterocycles. The van der Waals surface area contributed by atoms with Gasteiger partial charge in [-0.1, -0.05) is 74.6 Å². The molecule has 0 bridgehead atoms. The van der Waals surface area contributed by atoms with E-state index in [1.165, 1.54) is 55.2 Å². The maximum atomic E-state index is 4.19. The molecule has 1 aromatic carbocycles. The van der Waals surface area contributed by atoms with E-state index in [0.29, 0.717) is 5.37 Å². The van der Waals surface area contributed by atoms with Crippen molar-refractivity contribution in [3.8, 4) is 0 Å². The number of hydrogen-bond acceptors (Lipinski definition) is 2. The van der Waals surface area contributed by atoms with Crippen molar-refractivity contribution in [3.63, 3.8) is 0 Å². The normalized spacial score (nSPS) is 17.3. The van der Waals surface area contributed by atoms with Crippen molar-refractivity contribution in [2.45, 2.75) is 57.2 Å². The van der Waals surface area contributed by atoms with Crippen LogP contribution in [0.3, 0.4) is 0 Å². The Kier molecular flexibility index (Phi) is 8.14. The topological polar surface area (TPSA) is 12.0 Å². The molecule has 0 aromatic heterocycles. The van der Waals surface area contributed by atoms with Crippen LogP contribution in [0.5, 0.6) is 0 Å². The Labute approximate surface area is 153 Å². The van der Waals surface area contributed by atoms with E-state index >= 15 is 0 Å².